The zero-order valence-electron chi connectivity index (χ0n) is 16.3. The van der Waals surface area contributed by atoms with Crippen molar-refractivity contribution in [2.45, 2.75) is 58.2 Å². The number of aromatic nitrogens is 4. The predicted octanol–water partition coefficient (Wildman–Crippen LogP) is 2.45. The number of carboxylic acids is 1. The number of fused-ring (bicyclic) bond motifs is 1. The topological polar surface area (TPSA) is 85.4 Å². The van der Waals surface area contributed by atoms with E-state index in [1.54, 1.807) is 0 Å². The van der Waals surface area contributed by atoms with Crippen molar-refractivity contribution in [3.63, 3.8) is 0 Å². The summed E-state index contributed by atoms with van der Waals surface area (Å²) in [7, 11) is 0. The van der Waals surface area contributed by atoms with Gasteiger partial charge in [-0.15, -0.1) is 0 Å². The summed E-state index contributed by atoms with van der Waals surface area (Å²) in [5, 5.41) is 16.3. The third-order valence-corrected chi connectivity index (χ3v) is 4.94. The van der Waals surface area contributed by atoms with Gasteiger partial charge in [-0.2, -0.15) is 23.4 Å². The summed E-state index contributed by atoms with van der Waals surface area (Å²) in [5.74, 6) is -2.76. The first-order valence-corrected chi connectivity index (χ1v) is 9.35. The van der Waals surface area contributed by atoms with Crippen LogP contribution < -0.4 is 0 Å². The van der Waals surface area contributed by atoms with Crippen LogP contribution >= 0.6 is 0 Å². The molecule has 0 bridgehead atoms. The van der Waals surface area contributed by atoms with Crippen LogP contribution in [-0.2, 0) is 29.2 Å². The molecule has 0 aromatic carbocycles. The molecule has 2 aromatic heterocycles. The lowest BCUT2D eigenvalue weighted by molar-refractivity contribution is -0.192. The summed E-state index contributed by atoms with van der Waals surface area (Å²) in [6.07, 6.45) is -0.117. The predicted molar refractivity (Wildman–Crippen MR) is 96.1 cm³/mol. The highest BCUT2D eigenvalue weighted by atomic mass is 19.4. The van der Waals surface area contributed by atoms with E-state index >= 15 is 0 Å². The van der Waals surface area contributed by atoms with E-state index in [0.717, 1.165) is 45.0 Å². The van der Waals surface area contributed by atoms with E-state index in [9.17, 15) is 13.2 Å². The number of rotatable bonds is 4. The van der Waals surface area contributed by atoms with Gasteiger partial charge in [0.05, 0.1) is 24.5 Å². The number of alkyl halides is 3. The Balaban J connectivity index is 0.000000298. The quantitative estimate of drug-likeness (QED) is 0.826. The van der Waals surface area contributed by atoms with E-state index in [0.29, 0.717) is 12.1 Å². The minimum absolute atomic E-state index is 0.389. The Labute approximate surface area is 165 Å². The first-order chi connectivity index (χ1) is 13.7. The van der Waals surface area contributed by atoms with Gasteiger partial charge in [0.15, 0.2) is 0 Å². The molecule has 0 amide bonds. The average Bonchev–Trinajstić information content (AvgIpc) is 3.41. The molecule has 2 aliphatic heterocycles. The van der Waals surface area contributed by atoms with Crippen LogP contribution in [0, 0.1) is 0 Å². The molecule has 1 N–H and O–H groups in total. The van der Waals surface area contributed by atoms with Gasteiger partial charge in [-0.1, -0.05) is 0 Å². The maximum absolute atomic E-state index is 10.6. The molecule has 1 fully saturated rings. The van der Waals surface area contributed by atoms with Gasteiger partial charge in [0.25, 0.3) is 0 Å². The van der Waals surface area contributed by atoms with Crippen molar-refractivity contribution in [3.8, 4) is 0 Å². The average molecular weight is 415 g/mol. The summed E-state index contributed by atoms with van der Waals surface area (Å²) in [6.45, 7) is 8.91. The molecule has 0 saturated carbocycles. The lowest BCUT2D eigenvalue weighted by Crippen LogP contribution is -2.31. The van der Waals surface area contributed by atoms with Crippen LogP contribution in [-0.4, -0.2) is 61.0 Å². The van der Waals surface area contributed by atoms with Crippen molar-refractivity contribution in [2.24, 2.45) is 0 Å². The lowest BCUT2D eigenvalue weighted by atomic mass is 10.2. The van der Waals surface area contributed by atoms with E-state index in [4.69, 9.17) is 19.7 Å². The number of ether oxygens (including phenoxy) is 1. The van der Waals surface area contributed by atoms with Gasteiger partial charge < -0.3 is 9.84 Å². The molecule has 8 nitrogen and oxygen atoms in total. The molecule has 0 aliphatic carbocycles. The van der Waals surface area contributed by atoms with Crippen molar-refractivity contribution in [1.29, 1.82) is 0 Å². The Hall–Kier alpha value is -2.40. The molecule has 0 spiro atoms. The standard InChI is InChI=1S/C16H23N5O.C2HF3O2/c1-12(2)21-16-10-19(13-4-7-22-11-13)8-14(16)15(18-21)9-20-6-3-5-17-20;3-2(4,5)1(6)7/h3,5-6,12-13H,4,7-11H2,1-2H3;(H,6,7). The van der Waals surface area contributed by atoms with Gasteiger partial charge in [0, 0.05) is 49.7 Å². The SMILES string of the molecule is CC(C)n1nc(Cn2cccn2)c2c1CN(C1CCOC1)C2.O=C(O)C(F)(F)F. The minimum atomic E-state index is -5.08. The molecular weight excluding hydrogens is 391 g/mol. The second-order valence-corrected chi connectivity index (χ2v) is 7.34. The van der Waals surface area contributed by atoms with Gasteiger partial charge in [0.2, 0.25) is 0 Å². The highest BCUT2D eigenvalue weighted by Crippen LogP contribution is 2.31. The summed E-state index contributed by atoms with van der Waals surface area (Å²) in [6, 6.07) is 2.91. The number of aliphatic carboxylic acids is 1. The van der Waals surface area contributed by atoms with E-state index in [1.807, 2.05) is 23.1 Å². The Morgan fingerprint density at radius 1 is 1.38 bits per heavy atom. The second-order valence-electron chi connectivity index (χ2n) is 7.34. The van der Waals surface area contributed by atoms with Crippen molar-refractivity contribution >= 4 is 5.97 Å². The van der Waals surface area contributed by atoms with Crippen LogP contribution in [0.15, 0.2) is 18.5 Å². The van der Waals surface area contributed by atoms with Crippen molar-refractivity contribution < 1.29 is 27.8 Å². The third-order valence-electron chi connectivity index (χ3n) is 4.94. The highest BCUT2D eigenvalue weighted by molar-refractivity contribution is 5.73. The summed E-state index contributed by atoms with van der Waals surface area (Å²) < 4.78 is 41.4. The molecule has 11 heteroatoms. The molecule has 2 aromatic rings. The normalized spacial score (nSPS) is 19.3. The molecule has 29 heavy (non-hydrogen) atoms. The zero-order chi connectivity index (χ0) is 21.2. The number of carboxylic acid groups (broad SMARTS) is 1. The lowest BCUT2D eigenvalue weighted by Gasteiger charge is -2.22. The van der Waals surface area contributed by atoms with Gasteiger partial charge in [-0.3, -0.25) is 14.3 Å². The highest BCUT2D eigenvalue weighted by Gasteiger charge is 2.38. The van der Waals surface area contributed by atoms with Crippen LogP contribution in [0.5, 0.6) is 0 Å². The molecule has 4 heterocycles. The molecule has 2 aliphatic rings. The second kappa shape index (κ2) is 8.54. The van der Waals surface area contributed by atoms with Crippen LogP contribution in [0.25, 0.3) is 0 Å². The van der Waals surface area contributed by atoms with Crippen LogP contribution in [0.2, 0.25) is 0 Å². The minimum Gasteiger partial charge on any atom is -0.475 e. The Morgan fingerprint density at radius 2 is 2.10 bits per heavy atom. The van der Waals surface area contributed by atoms with E-state index in [2.05, 4.69) is 28.5 Å². The van der Waals surface area contributed by atoms with Crippen molar-refractivity contribution in [3.05, 3.63) is 35.4 Å². The van der Waals surface area contributed by atoms with Gasteiger partial charge in [0.1, 0.15) is 0 Å². The van der Waals surface area contributed by atoms with E-state index in [1.165, 1.54) is 11.3 Å². The molecule has 0 radical (unpaired) electrons. The molecular formula is C18H24F3N5O3. The smallest absolute Gasteiger partial charge is 0.475 e. The summed E-state index contributed by atoms with van der Waals surface area (Å²) in [5.41, 5.74) is 3.94. The summed E-state index contributed by atoms with van der Waals surface area (Å²) >= 11 is 0. The molecule has 1 saturated heterocycles. The molecule has 1 atom stereocenters. The molecule has 160 valence electrons. The first-order valence-electron chi connectivity index (χ1n) is 9.35. The van der Waals surface area contributed by atoms with E-state index in [-0.39, 0.29) is 0 Å². The largest absolute Gasteiger partial charge is 0.490 e. The van der Waals surface area contributed by atoms with Gasteiger partial charge >= 0.3 is 12.1 Å². The maximum atomic E-state index is 10.6. The Morgan fingerprint density at radius 3 is 2.62 bits per heavy atom. The van der Waals surface area contributed by atoms with E-state index < -0.39 is 12.1 Å². The number of hydrogen-bond donors (Lipinski definition) is 1. The number of nitrogens with zero attached hydrogens (tertiary/aromatic N) is 5. The van der Waals surface area contributed by atoms with Crippen LogP contribution in [0.3, 0.4) is 0 Å². The molecule has 4 rings (SSSR count). The Bertz CT molecular complexity index is 827. The molecule has 1 unspecified atom stereocenters. The van der Waals surface area contributed by atoms with Gasteiger partial charge in [-0.25, -0.2) is 4.79 Å². The fraction of sp³-hybridized carbons (Fsp3) is 0.611. The number of hydrogen-bond acceptors (Lipinski definition) is 5. The van der Waals surface area contributed by atoms with Crippen LogP contribution in [0.1, 0.15) is 43.3 Å². The third kappa shape index (κ3) is 4.96. The van der Waals surface area contributed by atoms with Crippen LogP contribution in [0.4, 0.5) is 13.2 Å². The monoisotopic (exact) mass is 415 g/mol. The number of carbonyl (C=O) groups is 1. The fourth-order valence-corrected chi connectivity index (χ4v) is 3.53. The summed E-state index contributed by atoms with van der Waals surface area (Å²) in [4.78, 5) is 11.4. The van der Waals surface area contributed by atoms with Crippen molar-refractivity contribution in [1.82, 2.24) is 24.5 Å². The first kappa shape index (κ1) is 21.3. The number of halogens is 3. The van der Waals surface area contributed by atoms with Gasteiger partial charge in [-0.05, 0) is 26.3 Å². The maximum Gasteiger partial charge on any atom is 0.490 e. The van der Waals surface area contributed by atoms with Crippen molar-refractivity contribution in [2.75, 3.05) is 13.2 Å². The fourth-order valence-electron chi connectivity index (χ4n) is 3.53. The zero-order valence-corrected chi connectivity index (χ0v) is 16.3. The Kier molecular flexibility index (Phi) is 6.27.